The van der Waals surface area contributed by atoms with Crippen molar-refractivity contribution >= 4 is 24.2 Å². The smallest absolute Gasteiger partial charge is 0.192 e. The van der Waals surface area contributed by atoms with Gasteiger partial charge in [0, 0.05) is 19.1 Å². The SMILES string of the molecule is C#C[C@H](Br)CC1C(O[Si](C)(C)C(C)(C)C)CC(OC2CCCCO2)C1C=CC(C)(COc1ccccc1)OC1CCCCO1. The van der Waals surface area contributed by atoms with E-state index in [9.17, 15) is 0 Å². The van der Waals surface area contributed by atoms with E-state index in [2.05, 4.69) is 74.8 Å². The molecule has 2 saturated heterocycles. The first-order chi connectivity index (χ1) is 20.9. The van der Waals surface area contributed by atoms with Crippen LogP contribution in [0.15, 0.2) is 42.5 Å². The molecule has 0 amide bonds. The number of halogens is 1. The second-order valence-electron chi connectivity index (χ2n) is 14.4. The van der Waals surface area contributed by atoms with Crippen molar-refractivity contribution in [1.29, 1.82) is 0 Å². The predicted octanol–water partition coefficient (Wildman–Crippen LogP) is 8.65. The average molecular weight is 692 g/mol. The van der Waals surface area contributed by atoms with Gasteiger partial charge in [0.2, 0.25) is 0 Å². The number of rotatable bonds is 13. The predicted molar refractivity (Wildman–Crippen MR) is 182 cm³/mol. The number of hydrogen-bond acceptors (Lipinski definition) is 6. The maximum absolute atomic E-state index is 7.15. The van der Waals surface area contributed by atoms with E-state index in [0.717, 1.165) is 70.3 Å². The highest BCUT2D eigenvalue weighted by molar-refractivity contribution is 9.09. The summed E-state index contributed by atoms with van der Waals surface area (Å²) in [6.45, 7) is 15.5. The van der Waals surface area contributed by atoms with E-state index in [-0.39, 0.29) is 46.5 Å². The molecule has 0 N–H and O–H groups in total. The lowest BCUT2D eigenvalue weighted by Gasteiger charge is -2.40. The highest BCUT2D eigenvalue weighted by atomic mass is 79.9. The van der Waals surface area contributed by atoms with Crippen LogP contribution in [-0.4, -0.2) is 63.4 Å². The first-order valence-corrected chi connectivity index (χ1v) is 20.4. The maximum atomic E-state index is 7.15. The van der Waals surface area contributed by atoms with Gasteiger partial charge in [0.25, 0.3) is 0 Å². The van der Waals surface area contributed by atoms with Crippen molar-refractivity contribution in [2.45, 2.75) is 132 Å². The quantitative estimate of drug-likeness (QED) is 0.0894. The molecule has 1 aromatic carbocycles. The third-order valence-electron chi connectivity index (χ3n) is 9.72. The molecular weight excluding hydrogens is 636 g/mol. The van der Waals surface area contributed by atoms with Gasteiger partial charge in [-0.05, 0) is 94.5 Å². The monoisotopic (exact) mass is 690 g/mol. The first kappa shape index (κ1) is 35.7. The molecule has 1 aliphatic carbocycles. The molecule has 4 rings (SSSR count). The number of alkyl halides is 1. The highest BCUT2D eigenvalue weighted by Gasteiger charge is 2.49. The van der Waals surface area contributed by atoms with Gasteiger partial charge in [-0.1, -0.05) is 73.0 Å². The van der Waals surface area contributed by atoms with Crippen molar-refractivity contribution in [1.82, 2.24) is 0 Å². The van der Waals surface area contributed by atoms with Crippen LogP contribution in [-0.2, 0) is 23.4 Å². The van der Waals surface area contributed by atoms with Gasteiger partial charge in [-0.3, -0.25) is 0 Å². The number of para-hydroxylation sites is 1. The fraction of sp³-hybridized carbons (Fsp3) is 0.722. The van der Waals surface area contributed by atoms with Crippen LogP contribution >= 0.6 is 15.9 Å². The van der Waals surface area contributed by atoms with Crippen molar-refractivity contribution < 1.29 is 28.1 Å². The van der Waals surface area contributed by atoms with Gasteiger partial charge in [0.1, 0.15) is 18.0 Å². The minimum atomic E-state index is -2.06. The second-order valence-corrected chi connectivity index (χ2v) is 20.3. The largest absolute Gasteiger partial charge is 0.490 e. The lowest BCUT2D eigenvalue weighted by atomic mass is 9.88. The van der Waals surface area contributed by atoms with E-state index in [4.69, 9.17) is 34.5 Å². The Morgan fingerprint density at radius 1 is 1.00 bits per heavy atom. The zero-order chi connectivity index (χ0) is 31.8. The summed E-state index contributed by atoms with van der Waals surface area (Å²) in [4.78, 5) is -0.0571. The molecule has 8 heteroatoms. The van der Waals surface area contributed by atoms with E-state index < -0.39 is 13.9 Å². The Bertz CT molecular complexity index is 1070. The molecule has 7 unspecified atom stereocenters. The topological polar surface area (TPSA) is 55.4 Å². The zero-order valence-corrected chi connectivity index (χ0v) is 30.4. The third kappa shape index (κ3) is 10.2. The Morgan fingerprint density at radius 3 is 2.25 bits per heavy atom. The Balaban J connectivity index is 1.64. The van der Waals surface area contributed by atoms with E-state index in [1.54, 1.807) is 0 Å². The van der Waals surface area contributed by atoms with Gasteiger partial charge in [0.05, 0.1) is 17.0 Å². The van der Waals surface area contributed by atoms with E-state index in [0.29, 0.717) is 6.61 Å². The fourth-order valence-electron chi connectivity index (χ4n) is 6.10. The summed E-state index contributed by atoms with van der Waals surface area (Å²) in [6, 6.07) is 9.90. The van der Waals surface area contributed by atoms with Crippen LogP contribution in [0.1, 0.15) is 79.1 Å². The van der Waals surface area contributed by atoms with Crippen LogP contribution in [0, 0.1) is 24.2 Å². The molecular formula is C36H55BrO6Si. The van der Waals surface area contributed by atoms with E-state index >= 15 is 0 Å². The third-order valence-corrected chi connectivity index (χ3v) is 14.9. The number of terminal acetylenes is 1. The molecule has 2 aliphatic heterocycles. The molecule has 1 saturated carbocycles. The van der Waals surface area contributed by atoms with Crippen molar-refractivity contribution in [3.05, 3.63) is 42.5 Å². The highest BCUT2D eigenvalue weighted by Crippen LogP contribution is 2.46. The molecule has 0 radical (unpaired) electrons. The molecule has 246 valence electrons. The lowest BCUT2D eigenvalue weighted by Crippen LogP contribution is -2.45. The second kappa shape index (κ2) is 16.1. The Kier molecular flexibility index (Phi) is 13.0. The zero-order valence-electron chi connectivity index (χ0n) is 27.8. The van der Waals surface area contributed by atoms with Crippen molar-refractivity contribution in [3.8, 4) is 18.1 Å². The van der Waals surface area contributed by atoms with Gasteiger partial charge in [-0.15, -0.1) is 6.42 Å². The van der Waals surface area contributed by atoms with Crippen LogP contribution in [0.2, 0.25) is 18.1 Å². The van der Waals surface area contributed by atoms with Crippen LogP contribution in [0.5, 0.6) is 5.75 Å². The summed E-state index contributed by atoms with van der Waals surface area (Å²) >= 11 is 3.76. The van der Waals surface area contributed by atoms with Crippen LogP contribution in [0.4, 0.5) is 0 Å². The van der Waals surface area contributed by atoms with E-state index in [1.165, 1.54) is 0 Å². The maximum Gasteiger partial charge on any atom is 0.192 e. The van der Waals surface area contributed by atoms with Gasteiger partial charge in [-0.2, -0.15) is 0 Å². The Hall–Kier alpha value is -1.18. The molecule has 0 aromatic heterocycles. The molecule has 0 spiro atoms. The summed E-state index contributed by atoms with van der Waals surface area (Å²) in [5.41, 5.74) is -0.716. The molecule has 6 nitrogen and oxygen atoms in total. The van der Waals surface area contributed by atoms with Gasteiger partial charge in [-0.25, -0.2) is 0 Å². The first-order valence-electron chi connectivity index (χ1n) is 16.6. The molecule has 3 fully saturated rings. The molecule has 1 aromatic rings. The normalized spacial score (nSPS) is 30.5. The molecule has 3 aliphatic rings. The molecule has 0 bridgehead atoms. The van der Waals surface area contributed by atoms with Crippen LogP contribution in [0.3, 0.4) is 0 Å². The molecule has 8 atom stereocenters. The summed E-state index contributed by atoms with van der Waals surface area (Å²) in [6.07, 6.45) is 17.7. The summed E-state index contributed by atoms with van der Waals surface area (Å²) in [5, 5.41) is 0.0927. The van der Waals surface area contributed by atoms with Crippen LogP contribution in [0.25, 0.3) is 0 Å². The Morgan fingerprint density at radius 2 is 1.66 bits per heavy atom. The van der Waals surface area contributed by atoms with Crippen molar-refractivity contribution in [2.24, 2.45) is 11.8 Å². The van der Waals surface area contributed by atoms with Crippen molar-refractivity contribution in [3.63, 3.8) is 0 Å². The number of ether oxygens (including phenoxy) is 5. The van der Waals surface area contributed by atoms with Gasteiger partial charge >= 0.3 is 0 Å². The standard InChI is InChI=1S/C36H55BrO6Si/c1-8-27(37)24-30-29(31(41-33-18-12-14-22-38-33)25-32(30)43-44(6,7)35(2,3)4)20-21-36(5,42-34-19-13-15-23-39-34)26-40-28-16-10-9-11-17-28/h1,9-11,16-17,20-21,27,29-34H,12-15,18-19,22-26H2,2-7H3/t27-,29?,30?,31?,32?,33?,34?,36?/m0/s1. The van der Waals surface area contributed by atoms with Gasteiger partial charge in [0.15, 0.2) is 20.9 Å². The Labute approximate surface area is 276 Å². The van der Waals surface area contributed by atoms with Crippen molar-refractivity contribution in [2.75, 3.05) is 19.8 Å². The van der Waals surface area contributed by atoms with Crippen LogP contribution < -0.4 is 4.74 Å². The van der Waals surface area contributed by atoms with E-state index in [1.807, 2.05) is 30.3 Å². The fourth-order valence-corrected chi connectivity index (χ4v) is 7.91. The minimum absolute atomic E-state index is 0.0296. The minimum Gasteiger partial charge on any atom is -0.490 e. The number of benzene rings is 1. The number of hydrogen-bond donors (Lipinski definition) is 0. The average Bonchev–Trinajstić information content (AvgIpc) is 3.30. The lowest BCUT2D eigenvalue weighted by molar-refractivity contribution is -0.212. The summed E-state index contributed by atoms with van der Waals surface area (Å²) in [5.74, 6) is 3.95. The summed E-state index contributed by atoms with van der Waals surface area (Å²) in [7, 11) is -2.06. The van der Waals surface area contributed by atoms with Gasteiger partial charge < -0.3 is 28.1 Å². The molecule has 44 heavy (non-hydrogen) atoms. The summed E-state index contributed by atoms with van der Waals surface area (Å²) < 4.78 is 39.0. The molecule has 2 heterocycles.